The van der Waals surface area contributed by atoms with E-state index in [-0.39, 0.29) is 6.10 Å². The fraction of sp³-hybridized carbons (Fsp3) is 0.500. The van der Waals surface area contributed by atoms with Crippen molar-refractivity contribution in [3.8, 4) is 5.75 Å². The Morgan fingerprint density at radius 3 is 3.00 bits per heavy atom. The van der Waals surface area contributed by atoms with Gasteiger partial charge in [0.05, 0.1) is 17.7 Å². The van der Waals surface area contributed by atoms with Gasteiger partial charge in [0.1, 0.15) is 11.9 Å². The molecule has 3 heteroatoms. The van der Waals surface area contributed by atoms with Gasteiger partial charge >= 0.3 is 0 Å². The minimum absolute atomic E-state index is 0.216. The molecule has 1 saturated heterocycles. The average Bonchev–Trinajstić information content (AvgIpc) is 2.74. The van der Waals surface area contributed by atoms with E-state index in [4.69, 9.17) is 9.47 Å². The molecule has 0 unspecified atom stereocenters. The molecule has 82 valence electrons. The van der Waals surface area contributed by atoms with Crippen LogP contribution in [0.1, 0.15) is 18.9 Å². The van der Waals surface area contributed by atoms with E-state index in [9.17, 15) is 0 Å². The Kier molecular flexibility index (Phi) is 3.65. The molecule has 1 atom stereocenters. The quantitative estimate of drug-likeness (QED) is 0.840. The minimum atomic E-state index is 0.216. The van der Waals surface area contributed by atoms with Gasteiger partial charge in [0.25, 0.3) is 0 Å². The molecule has 0 spiro atoms. The van der Waals surface area contributed by atoms with Crippen LogP contribution in [0.25, 0.3) is 0 Å². The maximum Gasteiger partial charge on any atom is 0.134 e. The zero-order chi connectivity index (χ0) is 10.7. The Labute approximate surface area is 98.7 Å². The summed E-state index contributed by atoms with van der Waals surface area (Å²) in [7, 11) is 0. The molecule has 0 bridgehead atoms. The topological polar surface area (TPSA) is 18.5 Å². The van der Waals surface area contributed by atoms with E-state index in [0.29, 0.717) is 6.61 Å². The third-order valence-electron chi connectivity index (χ3n) is 2.59. The lowest BCUT2D eigenvalue weighted by molar-refractivity contribution is 0.141. The van der Waals surface area contributed by atoms with Gasteiger partial charge in [-0.3, -0.25) is 0 Å². The van der Waals surface area contributed by atoms with Crippen LogP contribution in [0.3, 0.4) is 0 Å². The SMILES string of the molecule is CCc1ccc(O[C@H]2CCOC2)c(Br)c1. The van der Waals surface area contributed by atoms with Crippen LogP contribution in [0.4, 0.5) is 0 Å². The molecule has 1 aliphatic heterocycles. The third kappa shape index (κ3) is 2.73. The molecule has 15 heavy (non-hydrogen) atoms. The van der Waals surface area contributed by atoms with E-state index in [2.05, 4.69) is 35.0 Å². The summed E-state index contributed by atoms with van der Waals surface area (Å²) in [6.45, 7) is 3.67. The van der Waals surface area contributed by atoms with Gasteiger partial charge < -0.3 is 9.47 Å². The predicted octanol–water partition coefficient (Wildman–Crippen LogP) is 3.18. The van der Waals surface area contributed by atoms with Crippen LogP contribution in [-0.2, 0) is 11.2 Å². The monoisotopic (exact) mass is 270 g/mol. The Morgan fingerprint density at radius 1 is 1.53 bits per heavy atom. The third-order valence-corrected chi connectivity index (χ3v) is 3.21. The van der Waals surface area contributed by atoms with Gasteiger partial charge in [-0.05, 0) is 40.0 Å². The molecule has 1 heterocycles. The van der Waals surface area contributed by atoms with E-state index in [1.807, 2.05) is 6.07 Å². The molecule has 1 fully saturated rings. The van der Waals surface area contributed by atoms with Gasteiger partial charge in [0.15, 0.2) is 0 Å². The van der Waals surface area contributed by atoms with Crippen molar-refractivity contribution in [3.63, 3.8) is 0 Å². The van der Waals surface area contributed by atoms with Crippen molar-refractivity contribution in [1.82, 2.24) is 0 Å². The average molecular weight is 271 g/mol. The maximum atomic E-state index is 5.83. The summed E-state index contributed by atoms with van der Waals surface area (Å²) in [6, 6.07) is 6.25. The highest BCUT2D eigenvalue weighted by molar-refractivity contribution is 9.10. The Morgan fingerprint density at radius 2 is 2.40 bits per heavy atom. The van der Waals surface area contributed by atoms with Gasteiger partial charge in [-0.2, -0.15) is 0 Å². The zero-order valence-corrected chi connectivity index (χ0v) is 10.4. The van der Waals surface area contributed by atoms with Crippen LogP contribution >= 0.6 is 15.9 Å². The Hall–Kier alpha value is -0.540. The maximum absolute atomic E-state index is 5.83. The second-order valence-electron chi connectivity index (χ2n) is 3.72. The van der Waals surface area contributed by atoms with E-state index in [0.717, 1.165) is 29.7 Å². The highest BCUT2D eigenvalue weighted by Crippen LogP contribution is 2.28. The van der Waals surface area contributed by atoms with Gasteiger partial charge in [-0.25, -0.2) is 0 Å². The largest absolute Gasteiger partial charge is 0.487 e. The summed E-state index contributed by atoms with van der Waals surface area (Å²) in [6.07, 6.45) is 2.25. The highest BCUT2D eigenvalue weighted by Gasteiger charge is 2.18. The Balaban J connectivity index is 2.07. The van der Waals surface area contributed by atoms with Crippen LogP contribution in [-0.4, -0.2) is 19.3 Å². The lowest BCUT2D eigenvalue weighted by Crippen LogP contribution is -2.15. The van der Waals surface area contributed by atoms with Crippen molar-refractivity contribution < 1.29 is 9.47 Å². The van der Waals surface area contributed by atoms with Gasteiger partial charge in [0.2, 0.25) is 0 Å². The number of hydrogen-bond acceptors (Lipinski definition) is 2. The van der Waals surface area contributed by atoms with Crippen LogP contribution in [0.5, 0.6) is 5.75 Å². The molecule has 2 nitrogen and oxygen atoms in total. The lowest BCUT2D eigenvalue weighted by Gasteiger charge is -2.13. The van der Waals surface area contributed by atoms with Gasteiger partial charge in [-0.15, -0.1) is 0 Å². The molecule has 1 aromatic rings. The fourth-order valence-corrected chi connectivity index (χ4v) is 2.16. The van der Waals surface area contributed by atoms with Crippen LogP contribution < -0.4 is 4.74 Å². The van der Waals surface area contributed by atoms with Crippen LogP contribution in [0.2, 0.25) is 0 Å². The standard InChI is InChI=1S/C12H15BrO2/c1-2-9-3-4-12(11(13)7-9)15-10-5-6-14-8-10/h3-4,7,10H,2,5-6,8H2,1H3/t10-/m0/s1. The number of halogens is 1. The minimum Gasteiger partial charge on any atom is -0.487 e. The number of benzene rings is 1. The van der Waals surface area contributed by atoms with E-state index in [1.54, 1.807) is 0 Å². The first-order valence-corrected chi connectivity index (χ1v) is 6.11. The smallest absolute Gasteiger partial charge is 0.134 e. The van der Waals surface area contributed by atoms with E-state index >= 15 is 0 Å². The summed E-state index contributed by atoms with van der Waals surface area (Å²) in [4.78, 5) is 0. The first-order chi connectivity index (χ1) is 7.29. The molecule has 0 aromatic heterocycles. The molecule has 0 saturated carbocycles. The zero-order valence-electron chi connectivity index (χ0n) is 8.83. The van der Waals surface area contributed by atoms with Crippen molar-refractivity contribution in [2.75, 3.05) is 13.2 Å². The molecule has 1 aliphatic rings. The number of hydrogen-bond donors (Lipinski definition) is 0. The normalized spacial score (nSPS) is 20.5. The molecular weight excluding hydrogens is 256 g/mol. The summed E-state index contributed by atoms with van der Waals surface area (Å²) in [5, 5.41) is 0. The first kappa shape index (κ1) is 11.0. The first-order valence-electron chi connectivity index (χ1n) is 5.32. The number of aryl methyl sites for hydroxylation is 1. The summed E-state index contributed by atoms with van der Waals surface area (Å²) >= 11 is 3.53. The van der Waals surface area contributed by atoms with Gasteiger partial charge in [0, 0.05) is 6.42 Å². The van der Waals surface area contributed by atoms with Crippen molar-refractivity contribution >= 4 is 15.9 Å². The van der Waals surface area contributed by atoms with E-state index < -0.39 is 0 Å². The van der Waals surface area contributed by atoms with Crippen LogP contribution in [0, 0.1) is 0 Å². The van der Waals surface area contributed by atoms with E-state index in [1.165, 1.54) is 5.56 Å². The highest BCUT2D eigenvalue weighted by atomic mass is 79.9. The summed E-state index contributed by atoms with van der Waals surface area (Å²) in [5.74, 6) is 0.919. The van der Waals surface area contributed by atoms with Crippen LogP contribution in [0.15, 0.2) is 22.7 Å². The van der Waals surface area contributed by atoms with Crippen molar-refractivity contribution in [2.24, 2.45) is 0 Å². The predicted molar refractivity (Wildman–Crippen MR) is 63.4 cm³/mol. The molecule has 1 aromatic carbocycles. The second-order valence-corrected chi connectivity index (χ2v) is 4.58. The molecule has 0 radical (unpaired) electrons. The van der Waals surface area contributed by atoms with Crippen molar-refractivity contribution in [3.05, 3.63) is 28.2 Å². The molecule has 0 N–H and O–H groups in total. The van der Waals surface area contributed by atoms with Gasteiger partial charge in [-0.1, -0.05) is 13.0 Å². The van der Waals surface area contributed by atoms with Crippen molar-refractivity contribution in [2.45, 2.75) is 25.9 Å². The van der Waals surface area contributed by atoms with Crippen molar-refractivity contribution in [1.29, 1.82) is 0 Å². The Bertz CT molecular complexity index is 332. The molecule has 0 aliphatic carbocycles. The second kappa shape index (κ2) is 4.99. The molecule has 2 rings (SSSR count). The molecule has 0 amide bonds. The molecular formula is C12H15BrO2. The lowest BCUT2D eigenvalue weighted by atomic mass is 10.2. The number of rotatable bonds is 3. The fourth-order valence-electron chi connectivity index (χ4n) is 1.65. The summed E-state index contributed by atoms with van der Waals surface area (Å²) in [5.41, 5.74) is 1.32. The number of ether oxygens (including phenoxy) is 2. The summed E-state index contributed by atoms with van der Waals surface area (Å²) < 4.78 is 12.1.